The van der Waals surface area contributed by atoms with Gasteiger partial charge < -0.3 is 15.1 Å². The molecule has 0 unspecified atom stereocenters. The van der Waals surface area contributed by atoms with Crippen molar-refractivity contribution in [2.75, 3.05) is 18.0 Å². The van der Waals surface area contributed by atoms with E-state index in [1.165, 1.54) is 136 Å². The summed E-state index contributed by atoms with van der Waals surface area (Å²) in [7, 11) is 0. The first kappa shape index (κ1) is 53.2. The zero-order valence-corrected chi connectivity index (χ0v) is 41.7. The first-order valence-electron chi connectivity index (χ1n) is 25.8. The third-order valence-corrected chi connectivity index (χ3v) is 12.5. The number of anilines is 1. The molecule has 4 aromatic carbocycles. The maximum Gasteiger partial charge on any atom is 0.165 e. The van der Waals surface area contributed by atoms with E-state index in [-0.39, 0.29) is 11.5 Å². The number of fused-ring (bicyclic) bond motifs is 1. The van der Waals surface area contributed by atoms with Crippen molar-refractivity contribution in [2.45, 2.75) is 210 Å². The van der Waals surface area contributed by atoms with Crippen molar-refractivity contribution in [3.63, 3.8) is 0 Å². The van der Waals surface area contributed by atoms with E-state index in [0.717, 1.165) is 92.3 Å². The standard InChI is InChI=1S/C40H64N2.C18H25NO2/c1-7-13-19-20-26-40(42-38-30-28-34(22-15-9-3)36(32-38)24-17-11-5)39(25-18-12-6)41-37-29-27-33(21-14-8-2)35(31-37)23-16-10-4;1-4-7-8-13-11-15-14(9-10-17(20)18(15)21)16(12-13)19(5-2)6-3/h27-32H,7-26H2,1-6H3;9-12,20-21H,4-8H2,1-3H3. The molecule has 0 heterocycles. The highest BCUT2D eigenvalue weighted by Gasteiger charge is 2.15. The van der Waals surface area contributed by atoms with Gasteiger partial charge in [0.05, 0.1) is 22.8 Å². The van der Waals surface area contributed by atoms with Crippen molar-refractivity contribution in [1.82, 2.24) is 0 Å². The highest BCUT2D eigenvalue weighted by molar-refractivity contribution is 6.43. The van der Waals surface area contributed by atoms with E-state index in [1.54, 1.807) is 6.07 Å². The van der Waals surface area contributed by atoms with Gasteiger partial charge in [-0.3, -0.25) is 9.98 Å². The lowest BCUT2D eigenvalue weighted by atomic mass is 9.96. The smallest absolute Gasteiger partial charge is 0.165 e. The lowest BCUT2D eigenvalue weighted by Crippen LogP contribution is -2.22. The molecular formula is C58H89N3O2. The van der Waals surface area contributed by atoms with Crippen LogP contribution in [0.1, 0.15) is 206 Å². The van der Waals surface area contributed by atoms with Gasteiger partial charge in [-0.25, -0.2) is 0 Å². The molecule has 5 heteroatoms. The Bertz CT molecular complexity index is 1960. The number of hydrogen-bond acceptors (Lipinski definition) is 5. The quantitative estimate of drug-likeness (QED) is 0.0325. The minimum atomic E-state index is -0.0550. The Labute approximate surface area is 386 Å². The van der Waals surface area contributed by atoms with Crippen molar-refractivity contribution >= 4 is 39.3 Å². The number of unbranched alkanes of at least 4 members (excludes halogenated alkanes) is 9. The molecule has 5 nitrogen and oxygen atoms in total. The first-order chi connectivity index (χ1) is 30.7. The highest BCUT2D eigenvalue weighted by Crippen LogP contribution is 2.39. The topological polar surface area (TPSA) is 68.4 Å². The highest BCUT2D eigenvalue weighted by atomic mass is 16.3. The van der Waals surface area contributed by atoms with Gasteiger partial charge in [0, 0.05) is 29.5 Å². The summed E-state index contributed by atoms with van der Waals surface area (Å²) < 4.78 is 0. The van der Waals surface area contributed by atoms with Crippen LogP contribution >= 0.6 is 0 Å². The van der Waals surface area contributed by atoms with Gasteiger partial charge in [0.1, 0.15) is 0 Å². The number of phenolic OH excluding ortho intramolecular Hbond substituents is 2. The number of aryl methyl sites for hydroxylation is 5. The predicted molar refractivity (Wildman–Crippen MR) is 279 cm³/mol. The van der Waals surface area contributed by atoms with Gasteiger partial charge in [-0.15, -0.1) is 0 Å². The van der Waals surface area contributed by atoms with Gasteiger partial charge >= 0.3 is 0 Å². The molecule has 0 saturated heterocycles. The molecule has 0 aliphatic heterocycles. The summed E-state index contributed by atoms with van der Waals surface area (Å²) >= 11 is 0. The van der Waals surface area contributed by atoms with Crippen molar-refractivity contribution in [3.05, 3.63) is 88.5 Å². The number of benzene rings is 4. The lowest BCUT2D eigenvalue weighted by molar-refractivity contribution is 0.408. The normalized spacial score (nSPS) is 11.9. The van der Waals surface area contributed by atoms with Crippen molar-refractivity contribution < 1.29 is 10.2 Å². The average Bonchev–Trinajstić information content (AvgIpc) is 3.30. The van der Waals surface area contributed by atoms with E-state index in [2.05, 4.69) is 110 Å². The molecule has 4 rings (SSSR count). The molecule has 0 aromatic heterocycles. The number of phenols is 2. The maximum atomic E-state index is 10.2. The van der Waals surface area contributed by atoms with Crippen LogP contribution in [0.15, 0.2) is 70.6 Å². The van der Waals surface area contributed by atoms with Gasteiger partial charge in [-0.2, -0.15) is 0 Å². The Hall–Kier alpha value is -4.12. The van der Waals surface area contributed by atoms with Crippen LogP contribution in [-0.4, -0.2) is 34.7 Å². The molecule has 63 heavy (non-hydrogen) atoms. The molecule has 0 saturated carbocycles. The second-order valence-corrected chi connectivity index (χ2v) is 17.8. The molecule has 0 aliphatic rings. The third-order valence-electron chi connectivity index (χ3n) is 12.5. The summed E-state index contributed by atoms with van der Waals surface area (Å²) in [6.45, 7) is 22.0. The monoisotopic (exact) mass is 860 g/mol. The van der Waals surface area contributed by atoms with Crippen LogP contribution in [0.25, 0.3) is 10.8 Å². The SMILES string of the molecule is CCCCCCC(=Nc1ccc(CCCC)c(CCCC)c1)C(CCCC)=Nc1ccc(CCCC)c(CCCC)c1.CCCCc1cc(N(CC)CC)c2ccc(O)c(O)c2c1. The van der Waals surface area contributed by atoms with Gasteiger partial charge in [0.25, 0.3) is 0 Å². The lowest BCUT2D eigenvalue weighted by Gasteiger charge is -2.24. The molecular weight excluding hydrogens is 771 g/mol. The molecule has 0 spiro atoms. The first-order valence-corrected chi connectivity index (χ1v) is 25.8. The number of aliphatic imine (C=N–C) groups is 2. The molecule has 0 fully saturated rings. The van der Waals surface area contributed by atoms with Crippen molar-refractivity contribution in [1.29, 1.82) is 0 Å². The summed E-state index contributed by atoms with van der Waals surface area (Å²) in [6, 6.07) is 21.8. The number of hydrogen-bond donors (Lipinski definition) is 2. The summed E-state index contributed by atoms with van der Waals surface area (Å²) in [5, 5.41) is 21.7. The van der Waals surface area contributed by atoms with Crippen LogP contribution in [0.4, 0.5) is 17.1 Å². The maximum absolute atomic E-state index is 10.2. The Morgan fingerprint density at radius 1 is 0.429 bits per heavy atom. The molecule has 2 N–H and O–H groups in total. The number of nitrogens with zero attached hydrogens (tertiary/aromatic N) is 3. The van der Waals surface area contributed by atoms with Gasteiger partial charge in [-0.05, 0) is 180 Å². The Kier molecular flexibility index (Phi) is 26.1. The van der Waals surface area contributed by atoms with Gasteiger partial charge in [0.15, 0.2) is 11.5 Å². The van der Waals surface area contributed by atoms with Crippen LogP contribution in [0, 0.1) is 0 Å². The fourth-order valence-corrected chi connectivity index (χ4v) is 8.49. The van der Waals surface area contributed by atoms with Crippen LogP contribution in [0.3, 0.4) is 0 Å². The third kappa shape index (κ3) is 17.8. The van der Waals surface area contributed by atoms with E-state index in [4.69, 9.17) is 9.98 Å². The average molecular weight is 860 g/mol. The van der Waals surface area contributed by atoms with Crippen LogP contribution in [0.2, 0.25) is 0 Å². The van der Waals surface area contributed by atoms with Crippen molar-refractivity contribution in [3.8, 4) is 11.5 Å². The van der Waals surface area contributed by atoms with E-state index < -0.39 is 0 Å². The predicted octanol–water partition coefficient (Wildman–Crippen LogP) is 17.5. The van der Waals surface area contributed by atoms with Crippen LogP contribution in [0.5, 0.6) is 11.5 Å². The zero-order valence-electron chi connectivity index (χ0n) is 41.7. The number of rotatable bonds is 29. The Balaban J connectivity index is 0.000000418. The Morgan fingerprint density at radius 2 is 0.889 bits per heavy atom. The fourth-order valence-electron chi connectivity index (χ4n) is 8.49. The second kappa shape index (κ2) is 30.9. The zero-order chi connectivity index (χ0) is 45.8. The molecule has 4 aromatic rings. The van der Waals surface area contributed by atoms with Crippen LogP contribution < -0.4 is 4.90 Å². The molecule has 348 valence electrons. The minimum absolute atomic E-state index is 0.0146. The molecule has 0 atom stereocenters. The molecule has 0 bridgehead atoms. The Morgan fingerprint density at radius 3 is 1.37 bits per heavy atom. The van der Waals surface area contributed by atoms with E-state index in [1.807, 2.05) is 12.1 Å². The number of aromatic hydroxyl groups is 2. The fraction of sp³-hybridized carbons (Fsp3) is 0.586. The van der Waals surface area contributed by atoms with Gasteiger partial charge in [0.2, 0.25) is 0 Å². The van der Waals surface area contributed by atoms with E-state index in [9.17, 15) is 10.2 Å². The molecule has 0 radical (unpaired) electrons. The van der Waals surface area contributed by atoms with E-state index in [0.29, 0.717) is 0 Å². The summed E-state index contributed by atoms with van der Waals surface area (Å²) in [4.78, 5) is 13.1. The largest absolute Gasteiger partial charge is 0.504 e. The molecule has 0 amide bonds. The minimum Gasteiger partial charge on any atom is -0.504 e. The van der Waals surface area contributed by atoms with Crippen LogP contribution in [-0.2, 0) is 32.1 Å². The van der Waals surface area contributed by atoms with E-state index >= 15 is 0 Å². The van der Waals surface area contributed by atoms with Gasteiger partial charge in [-0.1, -0.05) is 118 Å². The summed E-state index contributed by atoms with van der Waals surface area (Å²) in [5.74, 6) is -0.0695. The second-order valence-electron chi connectivity index (χ2n) is 17.8. The molecule has 0 aliphatic carbocycles. The van der Waals surface area contributed by atoms with Crippen molar-refractivity contribution in [2.24, 2.45) is 9.98 Å². The summed E-state index contributed by atoms with van der Waals surface area (Å²) in [5.41, 5.74) is 13.1. The summed E-state index contributed by atoms with van der Waals surface area (Å²) in [6.07, 6.45) is 27.3.